The first-order chi connectivity index (χ1) is 7.00. The Balaban J connectivity index is 2.50. The van der Waals surface area contributed by atoms with Gasteiger partial charge in [0.25, 0.3) is 0 Å². The molecule has 1 aromatic rings. The van der Waals surface area contributed by atoms with E-state index in [-0.39, 0.29) is 5.78 Å². The van der Waals surface area contributed by atoms with E-state index in [0.717, 1.165) is 24.0 Å². The molecule has 0 aromatic heterocycles. The second-order valence-electron chi connectivity index (χ2n) is 4.48. The number of alkyl halides is 1. The van der Waals surface area contributed by atoms with E-state index in [4.69, 9.17) is 0 Å². The van der Waals surface area contributed by atoms with Crippen molar-refractivity contribution in [2.75, 3.05) is 0 Å². The van der Waals surface area contributed by atoms with Gasteiger partial charge in [-0.25, -0.2) is 4.39 Å². The molecule has 1 nitrogen and oxygen atoms in total. The minimum Gasteiger partial charge on any atom is -0.295 e. The highest BCUT2D eigenvalue weighted by atomic mass is 19.1. The maximum Gasteiger partial charge on any atom is 0.159 e. The molecule has 0 N–H and O–H groups in total. The van der Waals surface area contributed by atoms with Crippen LogP contribution in [0.15, 0.2) is 18.2 Å². The van der Waals surface area contributed by atoms with Crippen LogP contribution in [0, 0.1) is 0 Å². The van der Waals surface area contributed by atoms with Gasteiger partial charge in [0.1, 0.15) is 5.67 Å². The molecule has 0 bridgehead atoms. The predicted molar refractivity (Wildman–Crippen MR) is 57.8 cm³/mol. The van der Waals surface area contributed by atoms with Gasteiger partial charge in [-0.1, -0.05) is 12.1 Å². The Morgan fingerprint density at radius 2 is 2.20 bits per heavy atom. The molecule has 0 spiro atoms. The molecule has 80 valence electrons. The van der Waals surface area contributed by atoms with Crippen molar-refractivity contribution in [2.45, 2.75) is 38.8 Å². The maximum atomic E-state index is 14.1. The first kappa shape index (κ1) is 10.3. The van der Waals surface area contributed by atoms with Crippen molar-refractivity contribution in [2.24, 2.45) is 0 Å². The molecule has 2 heteroatoms. The highest BCUT2D eigenvalue weighted by molar-refractivity contribution is 5.94. The molecule has 1 aliphatic rings. The number of rotatable bonds is 1. The number of benzene rings is 1. The van der Waals surface area contributed by atoms with Crippen LogP contribution in [0.2, 0.25) is 0 Å². The van der Waals surface area contributed by atoms with Crippen LogP contribution in [0.25, 0.3) is 0 Å². The van der Waals surface area contributed by atoms with Gasteiger partial charge in [-0.2, -0.15) is 0 Å². The van der Waals surface area contributed by atoms with Crippen molar-refractivity contribution in [3.63, 3.8) is 0 Å². The molecule has 0 saturated carbocycles. The topological polar surface area (TPSA) is 17.1 Å². The van der Waals surface area contributed by atoms with Crippen LogP contribution in [0.5, 0.6) is 0 Å². The Morgan fingerprint density at radius 1 is 1.47 bits per heavy atom. The van der Waals surface area contributed by atoms with Gasteiger partial charge in [-0.05, 0) is 50.3 Å². The average Bonchev–Trinajstić information content (AvgIpc) is 2.16. The summed E-state index contributed by atoms with van der Waals surface area (Å²) in [5.74, 6) is 0.0453. The lowest BCUT2D eigenvalue weighted by Gasteiger charge is -2.28. The monoisotopic (exact) mass is 206 g/mol. The molecule has 2 rings (SSSR count). The predicted octanol–water partition coefficient (Wildman–Crippen LogP) is 3.41. The van der Waals surface area contributed by atoms with Crippen molar-refractivity contribution < 1.29 is 9.18 Å². The average molecular weight is 206 g/mol. The van der Waals surface area contributed by atoms with E-state index in [0.29, 0.717) is 12.0 Å². The summed E-state index contributed by atoms with van der Waals surface area (Å²) in [6.45, 7) is 3.16. The first-order valence-electron chi connectivity index (χ1n) is 5.34. The fourth-order valence-electron chi connectivity index (χ4n) is 2.27. The molecule has 0 aliphatic heterocycles. The Labute approximate surface area is 89.3 Å². The number of fused-ring (bicyclic) bond motifs is 1. The zero-order chi connectivity index (χ0) is 11.1. The van der Waals surface area contributed by atoms with Crippen LogP contribution in [-0.2, 0) is 12.1 Å². The number of carbonyl (C=O) groups excluding carboxylic acids is 1. The van der Waals surface area contributed by atoms with Crippen LogP contribution in [0.1, 0.15) is 48.2 Å². The van der Waals surface area contributed by atoms with Crippen molar-refractivity contribution >= 4 is 5.78 Å². The van der Waals surface area contributed by atoms with Gasteiger partial charge in [-0.3, -0.25) is 4.79 Å². The van der Waals surface area contributed by atoms with Gasteiger partial charge in [0.2, 0.25) is 0 Å². The van der Waals surface area contributed by atoms with E-state index >= 15 is 0 Å². The van der Waals surface area contributed by atoms with E-state index in [2.05, 4.69) is 0 Å². The zero-order valence-electron chi connectivity index (χ0n) is 9.14. The normalized spacial score (nSPS) is 24.7. The minimum atomic E-state index is -1.22. The molecule has 1 aliphatic carbocycles. The Bertz CT molecular complexity index is 407. The summed E-state index contributed by atoms with van der Waals surface area (Å²) in [5, 5.41) is 0. The van der Waals surface area contributed by atoms with E-state index in [1.165, 1.54) is 0 Å². The van der Waals surface area contributed by atoms with E-state index in [1.807, 2.05) is 6.07 Å². The van der Waals surface area contributed by atoms with Crippen molar-refractivity contribution in [1.82, 2.24) is 0 Å². The van der Waals surface area contributed by atoms with Gasteiger partial charge in [0.15, 0.2) is 5.78 Å². The summed E-state index contributed by atoms with van der Waals surface area (Å²) in [6.07, 6.45) is 2.33. The Morgan fingerprint density at radius 3 is 2.87 bits per heavy atom. The Kier molecular flexibility index (Phi) is 2.37. The summed E-state index contributed by atoms with van der Waals surface area (Å²) < 4.78 is 14.1. The second kappa shape index (κ2) is 3.44. The van der Waals surface area contributed by atoms with Crippen LogP contribution in [0.4, 0.5) is 4.39 Å². The lowest BCUT2D eigenvalue weighted by Crippen LogP contribution is -2.22. The number of ketones is 1. The van der Waals surface area contributed by atoms with E-state index in [9.17, 15) is 9.18 Å². The number of hydrogen-bond donors (Lipinski definition) is 0. The molecular formula is C13H15FO. The number of carbonyl (C=O) groups is 1. The molecular weight excluding hydrogens is 191 g/mol. The summed E-state index contributed by atoms with van der Waals surface area (Å²) in [5.41, 5.74) is 1.23. The molecule has 1 aromatic carbocycles. The third-order valence-electron chi connectivity index (χ3n) is 3.17. The van der Waals surface area contributed by atoms with E-state index in [1.54, 1.807) is 26.0 Å². The van der Waals surface area contributed by atoms with Crippen molar-refractivity contribution in [3.8, 4) is 0 Å². The van der Waals surface area contributed by atoms with Crippen molar-refractivity contribution in [3.05, 3.63) is 34.9 Å². The second-order valence-corrected chi connectivity index (χ2v) is 4.48. The number of hydrogen-bond acceptors (Lipinski definition) is 1. The zero-order valence-corrected chi connectivity index (χ0v) is 9.14. The highest BCUT2D eigenvalue weighted by Crippen LogP contribution is 2.38. The summed E-state index contributed by atoms with van der Waals surface area (Å²) >= 11 is 0. The molecule has 15 heavy (non-hydrogen) atoms. The van der Waals surface area contributed by atoms with Gasteiger partial charge in [0.05, 0.1) is 0 Å². The lowest BCUT2D eigenvalue weighted by molar-refractivity contribution is 0.101. The number of halogens is 1. The highest BCUT2D eigenvalue weighted by Gasteiger charge is 2.31. The standard InChI is InChI=1S/C13H15FO/c1-9(15)10-5-6-12-11(8-10)4-3-7-13(12,2)14/h5-6,8H,3-4,7H2,1-2H3. The largest absolute Gasteiger partial charge is 0.295 e. The smallest absolute Gasteiger partial charge is 0.159 e. The van der Waals surface area contributed by atoms with Gasteiger partial charge in [0, 0.05) is 5.56 Å². The molecule has 0 saturated heterocycles. The summed E-state index contributed by atoms with van der Waals surface area (Å²) in [4.78, 5) is 11.2. The molecule has 0 radical (unpaired) electrons. The fraction of sp³-hybridized carbons (Fsp3) is 0.462. The molecule has 1 unspecified atom stereocenters. The fourth-order valence-corrected chi connectivity index (χ4v) is 2.27. The maximum absolute atomic E-state index is 14.1. The molecule has 0 amide bonds. The SMILES string of the molecule is CC(=O)c1ccc2c(c1)CCCC2(C)F. The molecule has 0 fully saturated rings. The molecule has 1 atom stereocenters. The number of aryl methyl sites for hydroxylation is 1. The van der Waals surface area contributed by atoms with Gasteiger partial charge >= 0.3 is 0 Å². The van der Waals surface area contributed by atoms with Gasteiger partial charge < -0.3 is 0 Å². The third kappa shape index (κ3) is 1.81. The summed E-state index contributed by atoms with van der Waals surface area (Å²) in [6, 6.07) is 5.34. The van der Waals surface area contributed by atoms with Crippen LogP contribution < -0.4 is 0 Å². The van der Waals surface area contributed by atoms with E-state index < -0.39 is 5.67 Å². The Hall–Kier alpha value is -1.18. The van der Waals surface area contributed by atoms with Crippen molar-refractivity contribution in [1.29, 1.82) is 0 Å². The van der Waals surface area contributed by atoms with Crippen LogP contribution in [0.3, 0.4) is 0 Å². The lowest BCUT2D eigenvalue weighted by atomic mass is 9.81. The minimum absolute atomic E-state index is 0.0453. The first-order valence-corrected chi connectivity index (χ1v) is 5.34. The van der Waals surface area contributed by atoms with Crippen LogP contribution in [-0.4, -0.2) is 5.78 Å². The quantitative estimate of drug-likeness (QED) is 0.643. The number of Topliss-reactive ketones (excluding diaryl/α,β-unsaturated/α-hetero) is 1. The van der Waals surface area contributed by atoms with Crippen LogP contribution >= 0.6 is 0 Å². The van der Waals surface area contributed by atoms with Gasteiger partial charge in [-0.15, -0.1) is 0 Å². The molecule has 0 heterocycles. The third-order valence-corrected chi connectivity index (χ3v) is 3.17. The summed E-state index contributed by atoms with van der Waals surface area (Å²) in [7, 11) is 0.